The molecule has 3 heterocycles. The molecule has 0 spiro atoms. The Morgan fingerprint density at radius 2 is 2.17 bits per heavy atom. The van der Waals surface area contributed by atoms with E-state index in [0.29, 0.717) is 5.92 Å². The van der Waals surface area contributed by atoms with Crippen LogP contribution in [-0.4, -0.2) is 45.6 Å². The molecule has 0 bridgehead atoms. The molecule has 1 fully saturated rings. The quantitative estimate of drug-likeness (QED) is 0.804. The van der Waals surface area contributed by atoms with Gasteiger partial charge >= 0.3 is 0 Å². The Morgan fingerprint density at radius 1 is 1.33 bits per heavy atom. The van der Waals surface area contributed by atoms with Gasteiger partial charge in [0.25, 0.3) is 0 Å². The summed E-state index contributed by atoms with van der Waals surface area (Å²) >= 11 is 0. The smallest absolute Gasteiger partial charge is 0.158 e. The number of hydrogen-bond donors (Lipinski definition) is 1. The molecule has 0 amide bonds. The highest BCUT2D eigenvalue weighted by atomic mass is 15.1. The van der Waals surface area contributed by atoms with E-state index in [0.717, 1.165) is 36.4 Å². The molecule has 2 aromatic rings. The van der Waals surface area contributed by atoms with Crippen LogP contribution in [0.3, 0.4) is 0 Å². The molecular formula is C13H19N5. The van der Waals surface area contributed by atoms with Crippen molar-refractivity contribution in [2.24, 2.45) is 12.8 Å². The first-order chi connectivity index (χ1) is 8.63. The fourth-order valence-electron chi connectivity index (χ4n) is 2.81. The van der Waals surface area contributed by atoms with Crippen LogP contribution >= 0.6 is 0 Å². The topological polar surface area (TPSA) is 60.0 Å². The van der Waals surface area contributed by atoms with Crippen LogP contribution in [0.2, 0.25) is 0 Å². The number of hydrogen-bond acceptors (Lipinski definition) is 4. The molecular weight excluding hydrogens is 226 g/mol. The molecule has 5 heteroatoms. The molecule has 2 N–H and O–H groups in total. The summed E-state index contributed by atoms with van der Waals surface area (Å²) in [6.45, 7) is 1.98. The lowest BCUT2D eigenvalue weighted by molar-refractivity contribution is 0.225. The molecule has 1 saturated heterocycles. The van der Waals surface area contributed by atoms with Gasteiger partial charge in [-0.15, -0.1) is 0 Å². The second kappa shape index (κ2) is 4.33. The number of aryl methyl sites for hydroxylation is 1. The van der Waals surface area contributed by atoms with Gasteiger partial charge in [0.05, 0.1) is 5.69 Å². The van der Waals surface area contributed by atoms with Crippen molar-refractivity contribution >= 4 is 11.2 Å². The zero-order valence-electron chi connectivity index (χ0n) is 10.9. The van der Waals surface area contributed by atoms with E-state index < -0.39 is 0 Å². The molecule has 0 saturated carbocycles. The molecule has 3 rings (SSSR count). The Kier molecular flexibility index (Phi) is 2.80. The molecule has 1 aliphatic rings. The molecule has 2 atom stereocenters. The third kappa shape index (κ3) is 2.00. The van der Waals surface area contributed by atoms with Gasteiger partial charge in [-0.2, -0.15) is 0 Å². The van der Waals surface area contributed by atoms with Gasteiger partial charge in [0.1, 0.15) is 5.52 Å². The first-order valence-corrected chi connectivity index (χ1v) is 6.35. The van der Waals surface area contributed by atoms with Crippen LogP contribution in [0.1, 0.15) is 18.0 Å². The fourth-order valence-corrected chi connectivity index (χ4v) is 2.81. The van der Waals surface area contributed by atoms with E-state index in [1.165, 1.54) is 0 Å². The van der Waals surface area contributed by atoms with Crippen LogP contribution in [0.15, 0.2) is 18.5 Å². The van der Waals surface area contributed by atoms with Crippen molar-refractivity contribution in [2.45, 2.75) is 18.4 Å². The average molecular weight is 245 g/mol. The molecule has 1 aliphatic heterocycles. The van der Waals surface area contributed by atoms with Crippen molar-refractivity contribution < 1.29 is 0 Å². The highest BCUT2D eigenvalue weighted by Gasteiger charge is 2.25. The number of nitrogens with zero attached hydrogens (tertiary/aromatic N) is 4. The van der Waals surface area contributed by atoms with Crippen LogP contribution in [0.25, 0.3) is 11.2 Å². The van der Waals surface area contributed by atoms with Crippen molar-refractivity contribution in [3.05, 3.63) is 24.2 Å². The molecule has 5 nitrogen and oxygen atoms in total. The summed E-state index contributed by atoms with van der Waals surface area (Å²) in [6, 6.07) is 2.23. The van der Waals surface area contributed by atoms with Gasteiger partial charge in [-0.05, 0) is 19.5 Å². The Bertz CT molecular complexity index is 552. The zero-order chi connectivity index (χ0) is 12.7. The summed E-state index contributed by atoms with van der Waals surface area (Å²) in [5.41, 5.74) is 9.05. The lowest BCUT2D eigenvalue weighted by Gasteiger charge is -2.33. The monoisotopic (exact) mass is 245 g/mol. The minimum atomic E-state index is 0.236. The Morgan fingerprint density at radius 3 is 2.94 bits per heavy atom. The molecule has 96 valence electrons. The minimum absolute atomic E-state index is 0.236. The van der Waals surface area contributed by atoms with Crippen LogP contribution in [0.5, 0.6) is 0 Å². The zero-order valence-corrected chi connectivity index (χ0v) is 10.9. The summed E-state index contributed by atoms with van der Waals surface area (Å²) < 4.78 is 2.01. The number of aromatic nitrogens is 3. The second-order valence-corrected chi connectivity index (χ2v) is 5.34. The molecule has 18 heavy (non-hydrogen) atoms. The van der Waals surface area contributed by atoms with Gasteiger partial charge < -0.3 is 15.2 Å². The van der Waals surface area contributed by atoms with E-state index in [1.54, 1.807) is 0 Å². The summed E-state index contributed by atoms with van der Waals surface area (Å²) in [6.07, 6.45) is 4.89. The standard InChI is InChI=1S/C13H19N5/c1-17-7-9(5-10(14)8-17)12-6-15-11-3-4-18(2)13(11)16-12/h3-4,6,9-10H,5,7-8,14H2,1-2H3. The summed E-state index contributed by atoms with van der Waals surface area (Å²) in [5, 5.41) is 0. The first-order valence-electron chi connectivity index (χ1n) is 6.35. The molecule has 0 aromatic carbocycles. The first kappa shape index (κ1) is 11.6. The Balaban J connectivity index is 1.95. The van der Waals surface area contributed by atoms with Gasteiger partial charge in [-0.25, -0.2) is 4.98 Å². The minimum Gasteiger partial charge on any atom is -0.334 e. The molecule has 0 aliphatic carbocycles. The molecule has 2 unspecified atom stereocenters. The van der Waals surface area contributed by atoms with Crippen molar-refractivity contribution in [1.82, 2.24) is 19.4 Å². The van der Waals surface area contributed by atoms with Gasteiger partial charge in [-0.3, -0.25) is 4.98 Å². The summed E-state index contributed by atoms with van der Waals surface area (Å²) in [4.78, 5) is 11.5. The predicted molar refractivity (Wildman–Crippen MR) is 71.3 cm³/mol. The highest BCUT2D eigenvalue weighted by Crippen LogP contribution is 2.25. The van der Waals surface area contributed by atoms with Crippen LogP contribution in [0, 0.1) is 0 Å². The van der Waals surface area contributed by atoms with Crippen LogP contribution < -0.4 is 5.73 Å². The maximum absolute atomic E-state index is 6.08. The summed E-state index contributed by atoms with van der Waals surface area (Å²) in [7, 11) is 4.11. The van der Waals surface area contributed by atoms with Gasteiger partial charge in [0, 0.05) is 44.5 Å². The number of rotatable bonds is 1. The number of likely N-dealkylation sites (N-methyl/N-ethyl adjacent to an activating group) is 1. The number of fused-ring (bicyclic) bond motifs is 1. The molecule has 2 aromatic heterocycles. The number of piperidine rings is 1. The number of nitrogens with two attached hydrogens (primary N) is 1. The largest absolute Gasteiger partial charge is 0.334 e. The Labute approximate surface area is 107 Å². The van der Waals surface area contributed by atoms with E-state index in [1.807, 2.05) is 30.1 Å². The van der Waals surface area contributed by atoms with Crippen LogP contribution in [0.4, 0.5) is 0 Å². The van der Waals surface area contributed by atoms with Crippen molar-refractivity contribution in [2.75, 3.05) is 20.1 Å². The lowest BCUT2D eigenvalue weighted by Crippen LogP contribution is -2.44. The van der Waals surface area contributed by atoms with Crippen molar-refractivity contribution in [3.63, 3.8) is 0 Å². The third-order valence-electron chi connectivity index (χ3n) is 3.67. The normalized spacial score (nSPS) is 25.7. The van der Waals surface area contributed by atoms with Crippen molar-refractivity contribution in [1.29, 1.82) is 0 Å². The van der Waals surface area contributed by atoms with E-state index in [-0.39, 0.29) is 6.04 Å². The lowest BCUT2D eigenvalue weighted by atomic mass is 9.92. The van der Waals surface area contributed by atoms with E-state index in [4.69, 9.17) is 10.7 Å². The molecule has 0 radical (unpaired) electrons. The summed E-state index contributed by atoms with van der Waals surface area (Å²) in [5.74, 6) is 0.394. The van der Waals surface area contributed by atoms with Gasteiger partial charge in [0.2, 0.25) is 0 Å². The second-order valence-electron chi connectivity index (χ2n) is 5.34. The maximum Gasteiger partial charge on any atom is 0.158 e. The average Bonchev–Trinajstić information content (AvgIpc) is 2.69. The maximum atomic E-state index is 6.08. The fraction of sp³-hybridized carbons (Fsp3) is 0.538. The third-order valence-corrected chi connectivity index (χ3v) is 3.67. The van der Waals surface area contributed by atoms with Crippen LogP contribution in [-0.2, 0) is 7.05 Å². The van der Waals surface area contributed by atoms with Gasteiger partial charge in [-0.1, -0.05) is 0 Å². The SMILES string of the molecule is CN1CC(N)CC(c2cnc3ccn(C)c3n2)C1. The van der Waals surface area contributed by atoms with Gasteiger partial charge in [0.15, 0.2) is 5.65 Å². The predicted octanol–water partition coefficient (Wildman–Crippen LogP) is 0.715. The van der Waals surface area contributed by atoms with E-state index >= 15 is 0 Å². The number of likely N-dealkylation sites (tertiary alicyclic amines) is 1. The van der Waals surface area contributed by atoms with E-state index in [2.05, 4.69) is 16.9 Å². The van der Waals surface area contributed by atoms with Crippen molar-refractivity contribution in [3.8, 4) is 0 Å². The highest BCUT2D eigenvalue weighted by molar-refractivity contribution is 5.70. The Hall–Kier alpha value is -1.46. The van der Waals surface area contributed by atoms with E-state index in [9.17, 15) is 0 Å².